The Hall–Kier alpha value is -3.93. The van der Waals surface area contributed by atoms with Crippen molar-refractivity contribution in [3.8, 4) is 0 Å². The van der Waals surface area contributed by atoms with E-state index in [4.69, 9.17) is 14.2 Å². The molecule has 0 heterocycles. The average molecular weight is 1100 g/mol. The normalized spacial score (nSPS) is 12.8. The third kappa shape index (κ3) is 64.8. The van der Waals surface area contributed by atoms with E-state index in [1.54, 1.807) is 0 Å². The van der Waals surface area contributed by atoms with Gasteiger partial charge in [0, 0.05) is 19.3 Å². The fourth-order valence-electron chi connectivity index (χ4n) is 9.24. The molecule has 0 radical (unpaired) electrons. The molecule has 0 spiro atoms. The largest absolute Gasteiger partial charge is 0.462 e. The first-order chi connectivity index (χ1) is 39.0. The third-order valence-electron chi connectivity index (χ3n) is 14.2. The van der Waals surface area contributed by atoms with Crippen molar-refractivity contribution in [3.05, 3.63) is 109 Å². The molecule has 0 N–H and O–H groups in total. The number of hydrogen-bond acceptors (Lipinski definition) is 6. The Morgan fingerprint density at radius 3 is 0.772 bits per heavy atom. The lowest BCUT2D eigenvalue weighted by Gasteiger charge is -2.18. The van der Waals surface area contributed by atoms with Gasteiger partial charge in [-0.2, -0.15) is 0 Å². The van der Waals surface area contributed by atoms with Crippen molar-refractivity contribution in [2.24, 2.45) is 0 Å². The number of unbranched alkanes of at least 4 members (excludes halogenated alkanes) is 31. The molecule has 0 amide bonds. The van der Waals surface area contributed by atoms with Gasteiger partial charge in [0.05, 0.1) is 0 Å². The van der Waals surface area contributed by atoms with Crippen molar-refractivity contribution in [1.82, 2.24) is 0 Å². The summed E-state index contributed by atoms with van der Waals surface area (Å²) in [7, 11) is 0. The van der Waals surface area contributed by atoms with Gasteiger partial charge in [0.1, 0.15) is 13.2 Å². The highest BCUT2D eigenvalue weighted by atomic mass is 16.6. The smallest absolute Gasteiger partial charge is 0.306 e. The highest BCUT2D eigenvalue weighted by Gasteiger charge is 2.19. The Bertz CT molecular complexity index is 1590. The average Bonchev–Trinajstić information content (AvgIpc) is 3.45. The van der Waals surface area contributed by atoms with Crippen molar-refractivity contribution >= 4 is 17.9 Å². The van der Waals surface area contributed by atoms with Gasteiger partial charge >= 0.3 is 17.9 Å². The molecule has 0 bridgehead atoms. The SMILES string of the molecule is CC/C=C\C/C=C\C/C=C\C/C=C\CCCCCCCCCCCCC(=O)OCC(COC(=O)CCCCCCCCCCC/C=C\C/C=C\CCCCC)OC(=O)CCCCCCCC/C=C\C/C=C\C/C=C\CCCCC. The Kier molecular flexibility index (Phi) is 63.3. The van der Waals surface area contributed by atoms with Gasteiger partial charge in [-0.15, -0.1) is 0 Å². The highest BCUT2D eigenvalue weighted by molar-refractivity contribution is 5.71. The summed E-state index contributed by atoms with van der Waals surface area (Å²) in [5.74, 6) is -0.897. The van der Waals surface area contributed by atoms with Crippen molar-refractivity contribution < 1.29 is 28.6 Å². The second kappa shape index (κ2) is 66.6. The summed E-state index contributed by atoms with van der Waals surface area (Å²) in [6.45, 7) is 6.49. The number of carbonyl (C=O) groups excluding carboxylic acids is 3. The van der Waals surface area contributed by atoms with Crippen LogP contribution in [0.25, 0.3) is 0 Å². The van der Waals surface area contributed by atoms with Crippen LogP contribution in [0, 0.1) is 0 Å². The zero-order valence-electron chi connectivity index (χ0n) is 51.9. The Morgan fingerprint density at radius 2 is 0.494 bits per heavy atom. The van der Waals surface area contributed by atoms with Crippen LogP contribution in [0.4, 0.5) is 0 Å². The first-order valence-electron chi connectivity index (χ1n) is 33.4. The minimum absolute atomic E-state index is 0.0869. The first kappa shape index (κ1) is 75.1. The predicted molar refractivity (Wildman–Crippen MR) is 343 cm³/mol. The number of esters is 3. The molecule has 0 aromatic carbocycles. The molecule has 452 valence electrons. The van der Waals surface area contributed by atoms with Gasteiger partial charge in [0.2, 0.25) is 0 Å². The van der Waals surface area contributed by atoms with E-state index in [1.165, 1.54) is 161 Å². The number of hydrogen-bond donors (Lipinski definition) is 0. The van der Waals surface area contributed by atoms with Crippen LogP contribution in [0.3, 0.4) is 0 Å². The Morgan fingerprint density at radius 1 is 0.266 bits per heavy atom. The van der Waals surface area contributed by atoms with Gasteiger partial charge in [-0.1, -0.05) is 278 Å². The lowest BCUT2D eigenvalue weighted by molar-refractivity contribution is -0.167. The number of rotatable bonds is 60. The molecule has 6 nitrogen and oxygen atoms in total. The van der Waals surface area contributed by atoms with Gasteiger partial charge in [-0.3, -0.25) is 14.4 Å². The summed E-state index contributed by atoms with van der Waals surface area (Å²) in [5.41, 5.74) is 0. The van der Waals surface area contributed by atoms with E-state index in [0.29, 0.717) is 19.3 Å². The van der Waals surface area contributed by atoms with E-state index in [9.17, 15) is 14.4 Å². The van der Waals surface area contributed by atoms with E-state index in [-0.39, 0.29) is 31.1 Å². The summed E-state index contributed by atoms with van der Waals surface area (Å²) in [5, 5.41) is 0. The standard InChI is InChI=1S/C73H124O6/c1-4-7-10-13-16-19-22-25-28-31-34-35-36-37-40-42-45-48-51-54-57-60-63-66-72(75)78-69-70(79-73(76)67-64-61-58-55-52-49-46-43-39-33-30-27-24-21-18-15-12-9-6-3)68-77-71(74)65-62-59-56-53-50-47-44-41-38-32-29-26-23-20-17-14-11-8-5-2/h7,10,16-21,25-30,34-35,39,43,70H,4-6,8-9,11-15,22-24,31-33,36-38,40-42,44-69H2,1-3H3/b10-7-,19-16-,20-17-,21-18-,28-25-,29-26-,30-27-,35-34-,43-39-. The maximum Gasteiger partial charge on any atom is 0.306 e. The Balaban J connectivity index is 4.41. The van der Waals surface area contributed by atoms with Crippen molar-refractivity contribution in [2.75, 3.05) is 13.2 Å². The van der Waals surface area contributed by atoms with E-state index >= 15 is 0 Å². The molecular formula is C73H124O6. The fraction of sp³-hybridized carbons (Fsp3) is 0.712. The molecule has 1 unspecified atom stereocenters. The number of carbonyl (C=O) groups is 3. The molecule has 0 aromatic heterocycles. The molecule has 0 saturated carbocycles. The molecule has 0 rings (SSSR count). The van der Waals surface area contributed by atoms with Crippen molar-refractivity contribution in [3.63, 3.8) is 0 Å². The molecule has 0 aliphatic carbocycles. The van der Waals surface area contributed by atoms with Crippen LogP contribution in [-0.4, -0.2) is 37.2 Å². The minimum atomic E-state index is -0.792. The molecular weight excluding hydrogens is 973 g/mol. The van der Waals surface area contributed by atoms with E-state index in [1.807, 2.05) is 0 Å². The van der Waals surface area contributed by atoms with E-state index < -0.39 is 6.10 Å². The molecule has 0 aliphatic rings. The molecule has 0 aliphatic heterocycles. The molecule has 6 heteroatoms. The van der Waals surface area contributed by atoms with Crippen molar-refractivity contribution in [1.29, 1.82) is 0 Å². The van der Waals surface area contributed by atoms with Crippen LogP contribution in [0.5, 0.6) is 0 Å². The quantitative estimate of drug-likeness (QED) is 0.0261. The van der Waals surface area contributed by atoms with Gasteiger partial charge in [0.25, 0.3) is 0 Å². The van der Waals surface area contributed by atoms with Crippen LogP contribution in [-0.2, 0) is 28.6 Å². The van der Waals surface area contributed by atoms with Gasteiger partial charge in [0.15, 0.2) is 6.10 Å². The number of ether oxygens (including phenoxy) is 3. The summed E-state index contributed by atoms with van der Waals surface area (Å²) in [6, 6.07) is 0. The zero-order chi connectivity index (χ0) is 57.1. The van der Waals surface area contributed by atoms with Crippen LogP contribution in [0.15, 0.2) is 109 Å². The molecule has 0 saturated heterocycles. The van der Waals surface area contributed by atoms with Gasteiger partial charge in [-0.25, -0.2) is 0 Å². The highest BCUT2D eigenvalue weighted by Crippen LogP contribution is 2.16. The summed E-state index contributed by atoms with van der Waals surface area (Å²) >= 11 is 0. The maximum atomic E-state index is 12.9. The van der Waals surface area contributed by atoms with E-state index in [2.05, 4.69) is 130 Å². The molecule has 0 aromatic rings. The molecule has 79 heavy (non-hydrogen) atoms. The van der Waals surface area contributed by atoms with E-state index in [0.717, 1.165) is 116 Å². The lowest BCUT2D eigenvalue weighted by atomic mass is 10.1. The van der Waals surface area contributed by atoms with Crippen molar-refractivity contribution in [2.45, 2.75) is 322 Å². The molecule has 0 fully saturated rings. The van der Waals surface area contributed by atoms with Crippen LogP contribution in [0.1, 0.15) is 316 Å². The lowest BCUT2D eigenvalue weighted by Crippen LogP contribution is -2.30. The number of allylic oxidation sites excluding steroid dienone is 18. The van der Waals surface area contributed by atoms with Crippen LogP contribution >= 0.6 is 0 Å². The summed E-state index contributed by atoms with van der Waals surface area (Å²) in [4.78, 5) is 38.4. The second-order valence-electron chi connectivity index (χ2n) is 22.0. The van der Waals surface area contributed by atoms with Gasteiger partial charge < -0.3 is 14.2 Å². The maximum absolute atomic E-state index is 12.9. The monoisotopic (exact) mass is 1100 g/mol. The Labute approximate surface area is 489 Å². The molecule has 1 atom stereocenters. The fourth-order valence-corrected chi connectivity index (χ4v) is 9.24. The predicted octanol–water partition coefficient (Wildman–Crippen LogP) is 23.0. The second-order valence-corrected chi connectivity index (χ2v) is 22.0. The van der Waals surface area contributed by atoms with Crippen LogP contribution in [0.2, 0.25) is 0 Å². The topological polar surface area (TPSA) is 78.9 Å². The first-order valence-corrected chi connectivity index (χ1v) is 33.4. The minimum Gasteiger partial charge on any atom is -0.462 e. The zero-order valence-corrected chi connectivity index (χ0v) is 51.9. The third-order valence-corrected chi connectivity index (χ3v) is 14.2. The van der Waals surface area contributed by atoms with Crippen LogP contribution < -0.4 is 0 Å². The summed E-state index contributed by atoms with van der Waals surface area (Å²) in [6.07, 6.45) is 90.8. The van der Waals surface area contributed by atoms with Gasteiger partial charge in [-0.05, 0) is 128 Å². The summed E-state index contributed by atoms with van der Waals surface area (Å²) < 4.78 is 17.0.